The Kier molecular flexibility index (Phi) is 4.93. The summed E-state index contributed by atoms with van der Waals surface area (Å²) in [6.45, 7) is 2.37. The number of sulfone groups is 1. The fourth-order valence-electron chi connectivity index (χ4n) is 3.11. The molecule has 0 saturated carbocycles. The van der Waals surface area contributed by atoms with E-state index in [9.17, 15) is 13.2 Å². The summed E-state index contributed by atoms with van der Waals surface area (Å²) in [6, 6.07) is 12.0. The van der Waals surface area contributed by atoms with Gasteiger partial charge in [0.05, 0.1) is 34.3 Å². The van der Waals surface area contributed by atoms with E-state index in [1.165, 1.54) is 6.07 Å². The molecule has 0 unspecified atom stereocenters. The van der Waals surface area contributed by atoms with Gasteiger partial charge in [0.25, 0.3) is 5.91 Å². The van der Waals surface area contributed by atoms with Crippen molar-refractivity contribution in [3.8, 4) is 0 Å². The molecule has 4 aromatic rings. The number of nitrogens with zero attached hydrogens (tertiary/aromatic N) is 3. The molecule has 148 valence electrons. The van der Waals surface area contributed by atoms with Crippen molar-refractivity contribution in [2.24, 2.45) is 0 Å². The smallest absolute Gasteiger partial charge is 0.256 e. The zero-order chi connectivity index (χ0) is 20.6. The highest BCUT2D eigenvalue weighted by Crippen LogP contribution is 2.24. The van der Waals surface area contributed by atoms with E-state index in [2.05, 4.69) is 15.4 Å². The third-order valence-corrected chi connectivity index (χ3v) is 6.42. The Morgan fingerprint density at radius 3 is 2.72 bits per heavy atom. The molecule has 3 aromatic heterocycles. The molecule has 0 saturated heterocycles. The standard InChI is InChI=1S/C20H18N4O3S2/c1-13-10-15(20(25)23-17-7-3-4-8-18(17)29(2,26)27)16-11-21-24(19(16)22-13)12-14-6-5-9-28-14/h3-11H,12H2,1-2H3,(H,23,25). The molecular weight excluding hydrogens is 408 g/mol. The summed E-state index contributed by atoms with van der Waals surface area (Å²) < 4.78 is 25.8. The lowest BCUT2D eigenvalue weighted by Crippen LogP contribution is -2.15. The minimum Gasteiger partial charge on any atom is -0.321 e. The van der Waals surface area contributed by atoms with E-state index >= 15 is 0 Å². The second-order valence-electron chi connectivity index (χ2n) is 6.65. The van der Waals surface area contributed by atoms with Gasteiger partial charge in [0, 0.05) is 16.8 Å². The molecule has 0 fully saturated rings. The summed E-state index contributed by atoms with van der Waals surface area (Å²) in [5, 5.41) is 9.74. The van der Waals surface area contributed by atoms with Crippen molar-refractivity contribution in [3.63, 3.8) is 0 Å². The molecule has 0 atom stereocenters. The number of rotatable bonds is 5. The van der Waals surface area contributed by atoms with Gasteiger partial charge < -0.3 is 5.32 Å². The molecule has 9 heteroatoms. The lowest BCUT2D eigenvalue weighted by atomic mass is 10.1. The summed E-state index contributed by atoms with van der Waals surface area (Å²) >= 11 is 1.63. The molecule has 0 radical (unpaired) electrons. The number of aromatic nitrogens is 3. The van der Waals surface area contributed by atoms with Gasteiger partial charge in [-0.25, -0.2) is 18.1 Å². The Balaban J connectivity index is 1.73. The van der Waals surface area contributed by atoms with E-state index in [1.54, 1.807) is 46.5 Å². The van der Waals surface area contributed by atoms with Gasteiger partial charge in [-0.3, -0.25) is 4.79 Å². The first-order chi connectivity index (χ1) is 13.8. The van der Waals surface area contributed by atoms with Crippen LogP contribution in [0.2, 0.25) is 0 Å². The minimum absolute atomic E-state index is 0.0729. The van der Waals surface area contributed by atoms with Crippen molar-refractivity contribution >= 4 is 43.8 Å². The summed E-state index contributed by atoms with van der Waals surface area (Å²) in [4.78, 5) is 18.8. The van der Waals surface area contributed by atoms with Gasteiger partial charge in [-0.15, -0.1) is 11.3 Å². The highest BCUT2D eigenvalue weighted by Gasteiger charge is 2.19. The van der Waals surface area contributed by atoms with Crippen molar-refractivity contribution in [3.05, 3.63) is 70.2 Å². The summed E-state index contributed by atoms with van der Waals surface area (Å²) in [5.41, 5.74) is 1.92. The Hall–Kier alpha value is -3.04. The number of pyridine rings is 1. The normalized spacial score (nSPS) is 11.7. The predicted octanol–water partition coefficient (Wildman–Crippen LogP) is 3.51. The molecule has 0 aliphatic heterocycles. The van der Waals surface area contributed by atoms with Gasteiger partial charge in [-0.05, 0) is 36.6 Å². The third kappa shape index (κ3) is 3.92. The second kappa shape index (κ2) is 7.41. The Labute approximate surface area is 171 Å². The van der Waals surface area contributed by atoms with Crippen LogP contribution in [0.3, 0.4) is 0 Å². The van der Waals surface area contributed by atoms with Crippen LogP contribution in [0.4, 0.5) is 5.69 Å². The average molecular weight is 427 g/mol. The fraction of sp³-hybridized carbons (Fsp3) is 0.150. The molecule has 7 nitrogen and oxygen atoms in total. The molecule has 0 aliphatic rings. The zero-order valence-corrected chi connectivity index (χ0v) is 17.4. The molecule has 3 heterocycles. The van der Waals surface area contributed by atoms with E-state index < -0.39 is 15.7 Å². The van der Waals surface area contributed by atoms with E-state index in [1.807, 2.05) is 24.4 Å². The summed E-state index contributed by atoms with van der Waals surface area (Å²) in [7, 11) is -3.48. The van der Waals surface area contributed by atoms with Gasteiger partial charge in [0.2, 0.25) is 0 Å². The molecule has 1 amide bonds. The topological polar surface area (TPSA) is 94.0 Å². The van der Waals surface area contributed by atoms with Crippen LogP contribution in [-0.2, 0) is 16.4 Å². The Bertz CT molecular complexity index is 1310. The number of amides is 1. The molecule has 1 N–H and O–H groups in total. The number of thiophene rings is 1. The van der Waals surface area contributed by atoms with Crippen molar-refractivity contribution in [1.29, 1.82) is 0 Å². The molecule has 0 bridgehead atoms. The largest absolute Gasteiger partial charge is 0.321 e. The van der Waals surface area contributed by atoms with Crippen molar-refractivity contribution in [1.82, 2.24) is 14.8 Å². The van der Waals surface area contributed by atoms with Crippen LogP contribution >= 0.6 is 11.3 Å². The molecule has 0 aliphatic carbocycles. The molecule has 0 spiro atoms. The summed E-state index contributed by atoms with van der Waals surface area (Å²) in [6.07, 6.45) is 2.73. The van der Waals surface area contributed by atoms with Crippen LogP contribution in [0.5, 0.6) is 0 Å². The number of para-hydroxylation sites is 1. The van der Waals surface area contributed by atoms with Crippen LogP contribution in [0.15, 0.2) is 58.9 Å². The number of fused-ring (bicyclic) bond motifs is 1. The van der Waals surface area contributed by atoms with E-state index in [4.69, 9.17) is 0 Å². The maximum Gasteiger partial charge on any atom is 0.256 e. The molecule has 29 heavy (non-hydrogen) atoms. The number of nitrogens with one attached hydrogen (secondary N) is 1. The first kappa shape index (κ1) is 19.3. The number of benzene rings is 1. The molecule has 4 rings (SSSR count). The van der Waals surface area contributed by atoms with E-state index in [0.717, 1.165) is 11.1 Å². The maximum absolute atomic E-state index is 13.0. The van der Waals surface area contributed by atoms with Crippen LogP contribution in [0.25, 0.3) is 11.0 Å². The summed E-state index contributed by atoms with van der Waals surface area (Å²) in [5.74, 6) is -0.410. The highest BCUT2D eigenvalue weighted by molar-refractivity contribution is 7.90. The van der Waals surface area contributed by atoms with E-state index in [0.29, 0.717) is 28.8 Å². The number of hydrogen-bond acceptors (Lipinski definition) is 6. The third-order valence-electron chi connectivity index (χ3n) is 4.40. The lowest BCUT2D eigenvalue weighted by molar-refractivity contribution is 0.102. The van der Waals surface area contributed by atoms with Crippen LogP contribution in [0, 0.1) is 6.92 Å². The van der Waals surface area contributed by atoms with Crippen molar-refractivity contribution in [2.45, 2.75) is 18.4 Å². The zero-order valence-electron chi connectivity index (χ0n) is 15.8. The fourth-order valence-corrected chi connectivity index (χ4v) is 4.64. The monoisotopic (exact) mass is 426 g/mol. The predicted molar refractivity (Wildman–Crippen MR) is 113 cm³/mol. The van der Waals surface area contributed by atoms with Crippen molar-refractivity contribution in [2.75, 3.05) is 11.6 Å². The quantitative estimate of drug-likeness (QED) is 0.527. The van der Waals surface area contributed by atoms with Crippen LogP contribution in [-0.4, -0.2) is 35.3 Å². The number of carbonyl (C=O) groups is 1. The van der Waals surface area contributed by atoms with Crippen molar-refractivity contribution < 1.29 is 13.2 Å². The Morgan fingerprint density at radius 2 is 2.00 bits per heavy atom. The molecule has 1 aromatic carbocycles. The van der Waals surface area contributed by atoms with Gasteiger partial charge in [0.15, 0.2) is 15.5 Å². The number of aryl methyl sites for hydroxylation is 1. The van der Waals surface area contributed by atoms with Gasteiger partial charge in [0.1, 0.15) is 0 Å². The minimum atomic E-state index is -3.48. The Morgan fingerprint density at radius 1 is 1.21 bits per heavy atom. The SMILES string of the molecule is Cc1cc(C(=O)Nc2ccccc2S(C)(=O)=O)c2cnn(Cc3cccs3)c2n1. The van der Waals surface area contributed by atoms with Crippen LogP contribution in [0.1, 0.15) is 20.9 Å². The molecular formula is C20H18N4O3S2. The number of hydrogen-bond donors (Lipinski definition) is 1. The number of anilines is 1. The highest BCUT2D eigenvalue weighted by atomic mass is 32.2. The maximum atomic E-state index is 13.0. The van der Waals surface area contributed by atoms with Gasteiger partial charge in [-0.1, -0.05) is 18.2 Å². The van der Waals surface area contributed by atoms with Gasteiger partial charge >= 0.3 is 0 Å². The average Bonchev–Trinajstić information content (AvgIpc) is 3.31. The first-order valence-corrected chi connectivity index (χ1v) is 11.6. The lowest BCUT2D eigenvalue weighted by Gasteiger charge is -2.11. The second-order valence-corrected chi connectivity index (χ2v) is 9.67. The van der Waals surface area contributed by atoms with Gasteiger partial charge in [-0.2, -0.15) is 5.10 Å². The van der Waals surface area contributed by atoms with Crippen LogP contribution < -0.4 is 5.32 Å². The van der Waals surface area contributed by atoms with E-state index in [-0.39, 0.29) is 10.6 Å². The number of carbonyl (C=O) groups excluding carboxylic acids is 1. The first-order valence-electron chi connectivity index (χ1n) is 8.79.